The van der Waals surface area contributed by atoms with E-state index in [0.29, 0.717) is 28.1 Å². The lowest BCUT2D eigenvalue weighted by atomic mass is 9.90. The first kappa shape index (κ1) is 24.7. The van der Waals surface area contributed by atoms with Crippen molar-refractivity contribution in [2.45, 2.75) is 32.7 Å². The van der Waals surface area contributed by atoms with Crippen LogP contribution in [0.2, 0.25) is 5.02 Å². The average Bonchev–Trinajstić information content (AvgIpc) is 2.84. The van der Waals surface area contributed by atoms with E-state index in [9.17, 15) is 14.7 Å². The standard InChI is InChI=1S/C27H29ClN4O3/c1-19-24(26(35)32(18-25(33)34)17-22-8-5-9-23(28)15-22)16-29-27(30-19)31-12-10-21(11-13-31)14-20-6-3-2-4-7-20/h2-9,15-16,21H,10-14,17-18H2,1H3,(H,33,34). The van der Waals surface area contributed by atoms with Gasteiger partial charge in [0.1, 0.15) is 6.54 Å². The van der Waals surface area contributed by atoms with Crippen molar-refractivity contribution in [1.29, 1.82) is 0 Å². The van der Waals surface area contributed by atoms with Crippen LogP contribution in [-0.4, -0.2) is 51.5 Å². The fourth-order valence-electron chi connectivity index (χ4n) is 4.49. The Bertz CT molecular complexity index is 1180. The number of hydrogen-bond donors (Lipinski definition) is 1. The minimum Gasteiger partial charge on any atom is -0.480 e. The van der Waals surface area contributed by atoms with Crippen molar-refractivity contribution in [3.05, 3.63) is 88.2 Å². The van der Waals surface area contributed by atoms with Gasteiger partial charge in [0.05, 0.1) is 11.3 Å². The zero-order valence-electron chi connectivity index (χ0n) is 19.7. The van der Waals surface area contributed by atoms with Gasteiger partial charge in [0.2, 0.25) is 5.95 Å². The Morgan fingerprint density at radius 3 is 2.46 bits per heavy atom. The van der Waals surface area contributed by atoms with Crippen molar-refractivity contribution >= 4 is 29.4 Å². The zero-order valence-corrected chi connectivity index (χ0v) is 20.5. The van der Waals surface area contributed by atoms with Crippen LogP contribution in [0.1, 0.15) is 40.0 Å². The molecule has 1 amide bonds. The Morgan fingerprint density at radius 2 is 1.80 bits per heavy atom. The number of carboxylic acids is 1. The normalized spacial score (nSPS) is 14.1. The monoisotopic (exact) mass is 492 g/mol. The van der Waals surface area contributed by atoms with Crippen molar-refractivity contribution in [1.82, 2.24) is 14.9 Å². The van der Waals surface area contributed by atoms with Gasteiger partial charge in [0, 0.05) is 30.9 Å². The minimum absolute atomic E-state index is 0.127. The third-order valence-electron chi connectivity index (χ3n) is 6.34. The maximum Gasteiger partial charge on any atom is 0.323 e. The molecule has 0 bridgehead atoms. The molecule has 0 radical (unpaired) electrons. The van der Waals surface area contributed by atoms with E-state index in [1.807, 2.05) is 12.1 Å². The average molecular weight is 493 g/mol. The first-order valence-corrected chi connectivity index (χ1v) is 12.1. The third kappa shape index (κ3) is 6.57. The van der Waals surface area contributed by atoms with Gasteiger partial charge in [0.25, 0.3) is 5.91 Å². The predicted molar refractivity (Wildman–Crippen MR) is 136 cm³/mol. The number of aromatic nitrogens is 2. The van der Waals surface area contributed by atoms with E-state index in [-0.39, 0.29) is 6.54 Å². The second-order valence-corrected chi connectivity index (χ2v) is 9.41. The van der Waals surface area contributed by atoms with Crippen LogP contribution in [0.15, 0.2) is 60.8 Å². The number of hydrogen-bond acceptors (Lipinski definition) is 5. The van der Waals surface area contributed by atoms with Crippen LogP contribution >= 0.6 is 11.6 Å². The maximum atomic E-state index is 13.2. The largest absolute Gasteiger partial charge is 0.480 e. The van der Waals surface area contributed by atoms with Crippen LogP contribution in [0.4, 0.5) is 5.95 Å². The Morgan fingerprint density at radius 1 is 1.09 bits per heavy atom. The number of piperidine rings is 1. The Balaban J connectivity index is 1.42. The second-order valence-electron chi connectivity index (χ2n) is 8.97. The summed E-state index contributed by atoms with van der Waals surface area (Å²) < 4.78 is 0. The van der Waals surface area contributed by atoms with Gasteiger partial charge in [0.15, 0.2) is 0 Å². The SMILES string of the molecule is Cc1nc(N2CCC(Cc3ccccc3)CC2)ncc1C(=O)N(CC(=O)O)Cc1cccc(Cl)c1. The summed E-state index contributed by atoms with van der Waals surface area (Å²) >= 11 is 6.05. The Labute approximate surface area is 210 Å². The molecular weight excluding hydrogens is 464 g/mol. The van der Waals surface area contributed by atoms with Gasteiger partial charge in [-0.3, -0.25) is 9.59 Å². The van der Waals surface area contributed by atoms with E-state index < -0.39 is 18.4 Å². The summed E-state index contributed by atoms with van der Waals surface area (Å²) in [5.74, 6) is -0.268. The van der Waals surface area contributed by atoms with Gasteiger partial charge in [-0.1, -0.05) is 54.1 Å². The highest BCUT2D eigenvalue weighted by Crippen LogP contribution is 2.25. The van der Waals surface area contributed by atoms with Crippen LogP contribution in [-0.2, 0) is 17.8 Å². The lowest BCUT2D eigenvalue weighted by molar-refractivity contribution is -0.137. The van der Waals surface area contributed by atoms with Crippen LogP contribution < -0.4 is 4.90 Å². The minimum atomic E-state index is -1.09. The van der Waals surface area contributed by atoms with Crippen LogP contribution in [0.3, 0.4) is 0 Å². The highest BCUT2D eigenvalue weighted by atomic mass is 35.5. The van der Waals surface area contributed by atoms with Crippen LogP contribution in [0.25, 0.3) is 0 Å². The number of nitrogens with zero attached hydrogens (tertiary/aromatic N) is 4. The molecular formula is C27H29ClN4O3. The summed E-state index contributed by atoms with van der Waals surface area (Å²) in [6, 6.07) is 17.6. The van der Waals surface area contributed by atoms with Gasteiger partial charge in [-0.2, -0.15) is 0 Å². The molecule has 1 aromatic heterocycles. The summed E-state index contributed by atoms with van der Waals surface area (Å²) in [5, 5.41) is 9.88. The number of carbonyl (C=O) groups excluding carboxylic acids is 1. The maximum absolute atomic E-state index is 13.2. The summed E-state index contributed by atoms with van der Waals surface area (Å²) in [7, 11) is 0. The quantitative estimate of drug-likeness (QED) is 0.493. The lowest BCUT2D eigenvalue weighted by Crippen LogP contribution is -2.37. The van der Waals surface area contributed by atoms with Crippen LogP contribution in [0.5, 0.6) is 0 Å². The number of anilines is 1. The number of carboxylic acid groups (broad SMARTS) is 1. The van der Waals surface area contributed by atoms with E-state index in [2.05, 4.69) is 39.1 Å². The molecule has 182 valence electrons. The number of halogens is 1. The van der Waals surface area contributed by atoms with Crippen molar-refractivity contribution in [3.8, 4) is 0 Å². The molecule has 8 heteroatoms. The molecule has 0 saturated carbocycles. The molecule has 2 heterocycles. The number of rotatable bonds is 8. The molecule has 7 nitrogen and oxygen atoms in total. The predicted octanol–water partition coefficient (Wildman–Crippen LogP) is 4.62. The summed E-state index contributed by atoms with van der Waals surface area (Å²) in [6.07, 6.45) is 4.71. The third-order valence-corrected chi connectivity index (χ3v) is 6.57. The van der Waals surface area contributed by atoms with Crippen molar-refractivity contribution < 1.29 is 14.7 Å². The lowest BCUT2D eigenvalue weighted by Gasteiger charge is -2.32. The Kier molecular flexibility index (Phi) is 7.98. The molecule has 0 unspecified atom stereocenters. The molecule has 0 spiro atoms. The van der Waals surface area contributed by atoms with Crippen LogP contribution in [0, 0.1) is 12.8 Å². The van der Waals surface area contributed by atoms with Gasteiger partial charge in [-0.15, -0.1) is 0 Å². The highest BCUT2D eigenvalue weighted by molar-refractivity contribution is 6.30. The molecule has 3 aromatic rings. The smallest absolute Gasteiger partial charge is 0.323 e. The molecule has 4 rings (SSSR count). The first-order chi connectivity index (χ1) is 16.9. The molecule has 0 atom stereocenters. The second kappa shape index (κ2) is 11.3. The fraction of sp³-hybridized carbons (Fsp3) is 0.333. The Hall–Kier alpha value is -3.45. The summed E-state index contributed by atoms with van der Waals surface area (Å²) in [4.78, 5) is 37.2. The van der Waals surface area contributed by atoms with E-state index >= 15 is 0 Å². The van der Waals surface area contributed by atoms with Crippen molar-refractivity contribution in [2.75, 3.05) is 24.5 Å². The van der Waals surface area contributed by atoms with E-state index in [1.54, 1.807) is 25.1 Å². The topological polar surface area (TPSA) is 86.6 Å². The van der Waals surface area contributed by atoms with Crippen molar-refractivity contribution in [3.63, 3.8) is 0 Å². The van der Waals surface area contributed by atoms with Gasteiger partial charge in [-0.25, -0.2) is 9.97 Å². The molecule has 1 saturated heterocycles. The molecule has 1 aliphatic heterocycles. The van der Waals surface area contributed by atoms with E-state index in [4.69, 9.17) is 11.6 Å². The number of aryl methyl sites for hydroxylation is 1. The molecule has 1 fully saturated rings. The van der Waals surface area contributed by atoms with Crippen molar-refractivity contribution in [2.24, 2.45) is 5.92 Å². The number of amides is 1. The van der Waals surface area contributed by atoms with Gasteiger partial charge >= 0.3 is 5.97 Å². The van der Waals surface area contributed by atoms with Gasteiger partial charge < -0.3 is 14.9 Å². The number of aliphatic carboxylic acids is 1. The number of benzene rings is 2. The molecule has 35 heavy (non-hydrogen) atoms. The highest BCUT2D eigenvalue weighted by Gasteiger charge is 2.25. The summed E-state index contributed by atoms with van der Waals surface area (Å²) in [5.41, 5.74) is 2.95. The molecule has 1 N–H and O–H groups in total. The van der Waals surface area contributed by atoms with E-state index in [1.165, 1.54) is 16.7 Å². The zero-order chi connectivity index (χ0) is 24.8. The molecule has 1 aliphatic rings. The number of carbonyl (C=O) groups is 2. The molecule has 0 aliphatic carbocycles. The van der Waals surface area contributed by atoms with Gasteiger partial charge in [-0.05, 0) is 55.4 Å². The molecule has 2 aromatic carbocycles. The van der Waals surface area contributed by atoms with E-state index in [0.717, 1.165) is 37.9 Å². The fourth-order valence-corrected chi connectivity index (χ4v) is 4.70. The first-order valence-electron chi connectivity index (χ1n) is 11.8. The summed E-state index contributed by atoms with van der Waals surface area (Å²) in [6.45, 7) is 3.19.